The van der Waals surface area contributed by atoms with Crippen LogP contribution in [0.25, 0.3) is 0 Å². The third-order valence-corrected chi connectivity index (χ3v) is 3.78. The van der Waals surface area contributed by atoms with Crippen molar-refractivity contribution >= 4 is 11.6 Å². The Morgan fingerprint density at radius 2 is 2.06 bits per heavy atom. The van der Waals surface area contributed by atoms with Gasteiger partial charge < -0.3 is 10.6 Å². The molecule has 1 radical (unpaired) electrons. The molecule has 0 bridgehead atoms. The number of hydrogen-bond acceptors (Lipinski definition) is 2. The zero-order chi connectivity index (χ0) is 11.4. The standard InChI is InChI=1S/C13H20ClN2/c14-12-1-3-13(4-2-12)16-9-6-11(5-8-15)7-10-16/h1,3-4,11H,2,5-10,15H2. The van der Waals surface area contributed by atoms with Gasteiger partial charge in [-0.1, -0.05) is 11.6 Å². The van der Waals surface area contributed by atoms with Crippen molar-refractivity contribution in [2.24, 2.45) is 11.7 Å². The van der Waals surface area contributed by atoms with E-state index in [2.05, 4.69) is 17.4 Å². The Morgan fingerprint density at radius 1 is 1.31 bits per heavy atom. The van der Waals surface area contributed by atoms with Crippen molar-refractivity contribution in [1.29, 1.82) is 0 Å². The number of nitrogens with zero attached hydrogens (tertiary/aromatic N) is 1. The zero-order valence-corrected chi connectivity index (χ0v) is 10.4. The van der Waals surface area contributed by atoms with Crippen LogP contribution in [0.5, 0.6) is 0 Å². The van der Waals surface area contributed by atoms with Crippen molar-refractivity contribution in [1.82, 2.24) is 4.90 Å². The molecule has 1 aliphatic carbocycles. The Morgan fingerprint density at radius 3 is 2.62 bits per heavy atom. The van der Waals surface area contributed by atoms with Crippen LogP contribution in [0, 0.1) is 12.3 Å². The van der Waals surface area contributed by atoms with E-state index in [0.29, 0.717) is 0 Å². The topological polar surface area (TPSA) is 29.3 Å². The Balaban J connectivity index is 1.85. The van der Waals surface area contributed by atoms with Crippen LogP contribution >= 0.6 is 11.6 Å². The van der Waals surface area contributed by atoms with Gasteiger partial charge in [-0.15, -0.1) is 0 Å². The second-order valence-electron chi connectivity index (χ2n) is 4.62. The molecule has 0 amide bonds. The van der Waals surface area contributed by atoms with Crippen LogP contribution in [0.4, 0.5) is 0 Å². The Bertz CT molecular complexity index is 288. The highest BCUT2D eigenvalue weighted by molar-refractivity contribution is 6.29. The van der Waals surface area contributed by atoms with E-state index in [0.717, 1.165) is 23.9 Å². The summed E-state index contributed by atoms with van der Waals surface area (Å²) in [6.45, 7) is 3.16. The lowest BCUT2D eigenvalue weighted by atomic mass is 9.93. The largest absolute Gasteiger partial charge is 0.375 e. The quantitative estimate of drug-likeness (QED) is 0.821. The first kappa shape index (κ1) is 12.0. The molecule has 2 aliphatic rings. The summed E-state index contributed by atoms with van der Waals surface area (Å²) in [5, 5.41) is 0.932. The SMILES string of the molecule is NCCC1CCN(C2=CC=C(Cl)C[CH]2)CC1. The zero-order valence-electron chi connectivity index (χ0n) is 9.66. The maximum Gasteiger partial charge on any atom is 0.0188 e. The molecule has 2 N–H and O–H groups in total. The van der Waals surface area contributed by atoms with E-state index in [-0.39, 0.29) is 0 Å². The van der Waals surface area contributed by atoms with E-state index in [1.807, 2.05) is 6.08 Å². The highest BCUT2D eigenvalue weighted by atomic mass is 35.5. The van der Waals surface area contributed by atoms with E-state index in [4.69, 9.17) is 17.3 Å². The number of allylic oxidation sites excluding steroid dienone is 4. The van der Waals surface area contributed by atoms with Crippen molar-refractivity contribution in [3.8, 4) is 0 Å². The van der Waals surface area contributed by atoms with Crippen LogP contribution < -0.4 is 5.73 Å². The van der Waals surface area contributed by atoms with E-state index in [1.165, 1.54) is 38.0 Å². The molecule has 0 aromatic rings. The van der Waals surface area contributed by atoms with Gasteiger partial charge in [-0.3, -0.25) is 0 Å². The lowest BCUT2D eigenvalue weighted by Crippen LogP contribution is -2.34. The van der Waals surface area contributed by atoms with Gasteiger partial charge in [-0.2, -0.15) is 0 Å². The van der Waals surface area contributed by atoms with Gasteiger partial charge in [0.15, 0.2) is 0 Å². The Hall–Kier alpha value is -0.470. The predicted octanol–water partition coefficient (Wildman–Crippen LogP) is 2.66. The molecular weight excluding hydrogens is 220 g/mol. The number of likely N-dealkylation sites (tertiary alicyclic amines) is 1. The minimum Gasteiger partial charge on any atom is -0.375 e. The lowest BCUT2D eigenvalue weighted by molar-refractivity contribution is 0.222. The fourth-order valence-electron chi connectivity index (χ4n) is 2.46. The molecule has 3 heteroatoms. The first-order valence-corrected chi connectivity index (χ1v) is 6.52. The molecule has 1 heterocycles. The van der Waals surface area contributed by atoms with Gasteiger partial charge in [-0.25, -0.2) is 0 Å². The summed E-state index contributed by atoms with van der Waals surface area (Å²) in [4.78, 5) is 2.47. The third kappa shape index (κ3) is 3.02. The molecule has 0 spiro atoms. The van der Waals surface area contributed by atoms with Crippen molar-refractivity contribution in [3.05, 3.63) is 29.3 Å². The molecule has 16 heavy (non-hydrogen) atoms. The van der Waals surface area contributed by atoms with Crippen molar-refractivity contribution in [2.45, 2.75) is 25.7 Å². The molecule has 0 aromatic carbocycles. The van der Waals surface area contributed by atoms with Gasteiger partial charge in [0.25, 0.3) is 0 Å². The fourth-order valence-corrected chi connectivity index (χ4v) is 2.60. The smallest absolute Gasteiger partial charge is 0.0188 e. The number of hydrogen-bond donors (Lipinski definition) is 1. The van der Waals surface area contributed by atoms with Crippen molar-refractivity contribution in [3.63, 3.8) is 0 Å². The summed E-state index contributed by atoms with van der Waals surface area (Å²) in [5.41, 5.74) is 6.94. The number of halogens is 1. The van der Waals surface area contributed by atoms with E-state index in [1.54, 1.807) is 0 Å². The van der Waals surface area contributed by atoms with Gasteiger partial charge in [-0.05, 0) is 50.3 Å². The maximum absolute atomic E-state index is 5.94. The highest BCUT2D eigenvalue weighted by Crippen LogP contribution is 2.27. The normalized spacial score (nSPS) is 23.0. The van der Waals surface area contributed by atoms with Crippen LogP contribution in [0.1, 0.15) is 25.7 Å². The van der Waals surface area contributed by atoms with Gasteiger partial charge >= 0.3 is 0 Å². The average Bonchev–Trinajstić information content (AvgIpc) is 2.32. The molecule has 0 aromatic heterocycles. The molecule has 89 valence electrons. The van der Waals surface area contributed by atoms with Gasteiger partial charge in [0.05, 0.1) is 0 Å². The summed E-state index contributed by atoms with van der Waals surface area (Å²) in [7, 11) is 0. The van der Waals surface area contributed by atoms with E-state index in [9.17, 15) is 0 Å². The second kappa shape index (κ2) is 5.74. The summed E-state index contributed by atoms with van der Waals surface area (Å²) in [6, 6.07) is 0. The fraction of sp³-hybridized carbons (Fsp3) is 0.615. The summed E-state index contributed by atoms with van der Waals surface area (Å²) >= 11 is 5.94. The van der Waals surface area contributed by atoms with Crippen LogP contribution in [0.2, 0.25) is 0 Å². The molecule has 2 nitrogen and oxygen atoms in total. The van der Waals surface area contributed by atoms with Crippen LogP contribution in [-0.4, -0.2) is 24.5 Å². The first-order valence-electron chi connectivity index (χ1n) is 6.14. The second-order valence-corrected chi connectivity index (χ2v) is 5.11. The van der Waals surface area contributed by atoms with Crippen LogP contribution in [0.15, 0.2) is 22.9 Å². The Labute approximate surface area is 103 Å². The lowest BCUT2D eigenvalue weighted by Gasteiger charge is -2.35. The minimum absolute atomic E-state index is 0.831. The molecule has 0 unspecified atom stereocenters. The van der Waals surface area contributed by atoms with Crippen LogP contribution in [0.3, 0.4) is 0 Å². The number of rotatable bonds is 3. The third-order valence-electron chi connectivity index (χ3n) is 3.50. The van der Waals surface area contributed by atoms with Crippen LogP contribution in [-0.2, 0) is 0 Å². The molecule has 1 saturated heterocycles. The monoisotopic (exact) mass is 239 g/mol. The molecule has 1 aliphatic heterocycles. The molecule has 2 rings (SSSR count). The molecule has 0 saturated carbocycles. The number of nitrogens with two attached hydrogens (primary N) is 1. The summed E-state index contributed by atoms with van der Waals surface area (Å²) in [5.74, 6) is 0.838. The highest BCUT2D eigenvalue weighted by Gasteiger charge is 2.20. The van der Waals surface area contributed by atoms with Gasteiger partial charge in [0, 0.05) is 30.2 Å². The van der Waals surface area contributed by atoms with Crippen molar-refractivity contribution < 1.29 is 0 Å². The molecular formula is C13H20ClN2. The maximum atomic E-state index is 5.94. The van der Waals surface area contributed by atoms with E-state index >= 15 is 0 Å². The minimum atomic E-state index is 0.831. The summed E-state index contributed by atoms with van der Waals surface area (Å²) in [6.07, 6.45) is 11.0. The van der Waals surface area contributed by atoms with Crippen molar-refractivity contribution in [2.75, 3.05) is 19.6 Å². The predicted molar refractivity (Wildman–Crippen MR) is 68.9 cm³/mol. The average molecular weight is 240 g/mol. The van der Waals surface area contributed by atoms with Gasteiger partial charge in [0.1, 0.15) is 0 Å². The summed E-state index contributed by atoms with van der Waals surface area (Å²) < 4.78 is 0. The van der Waals surface area contributed by atoms with Gasteiger partial charge in [0.2, 0.25) is 0 Å². The first-order chi connectivity index (χ1) is 7.79. The number of piperidine rings is 1. The Kier molecular flexibility index (Phi) is 4.30. The molecule has 0 atom stereocenters. The van der Waals surface area contributed by atoms with E-state index < -0.39 is 0 Å². The molecule has 1 fully saturated rings.